The molecule has 1 aromatic heterocycles. The summed E-state index contributed by atoms with van der Waals surface area (Å²) in [7, 11) is 0. The Balaban J connectivity index is 1.72. The number of amides is 1. The number of nitro groups is 1. The molecule has 0 atom stereocenters. The number of para-hydroxylation sites is 1. The SMILES string of the molecule is Cc1ccc(NC(=O)c2cc(C3CC3)nc3ccccc23)cc1[N+](=O)[O-]. The number of fused-ring (bicyclic) bond motifs is 1. The van der Waals surface area contributed by atoms with Crippen LogP contribution in [0, 0.1) is 17.0 Å². The van der Waals surface area contributed by atoms with Crippen LogP contribution in [0.15, 0.2) is 48.5 Å². The van der Waals surface area contributed by atoms with Crippen LogP contribution in [0.2, 0.25) is 0 Å². The van der Waals surface area contributed by atoms with Crippen LogP contribution in [0.1, 0.15) is 40.4 Å². The first kappa shape index (κ1) is 16.2. The van der Waals surface area contributed by atoms with Crippen LogP contribution in [0.5, 0.6) is 0 Å². The van der Waals surface area contributed by atoms with Gasteiger partial charge in [-0.3, -0.25) is 19.9 Å². The van der Waals surface area contributed by atoms with Gasteiger partial charge in [0.2, 0.25) is 0 Å². The fourth-order valence-corrected chi connectivity index (χ4v) is 3.05. The maximum Gasteiger partial charge on any atom is 0.274 e. The first-order valence-corrected chi connectivity index (χ1v) is 8.49. The summed E-state index contributed by atoms with van der Waals surface area (Å²) in [5.41, 5.74) is 3.21. The molecule has 3 aromatic rings. The molecule has 0 saturated heterocycles. The van der Waals surface area contributed by atoms with Crippen molar-refractivity contribution in [3.05, 3.63) is 75.5 Å². The normalized spacial score (nSPS) is 13.6. The van der Waals surface area contributed by atoms with Gasteiger partial charge < -0.3 is 5.32 Å². The number of nitrogens with one attached hydrogen (secondary N) is 1. The molecule has 0 bridgehead atoms. The highest BCUT2D eigenvalue weighted by Crippen LogP contribution is 2.40. The van der Waals surface area contributed by atoms with Gasteiger partial charge in [-0.1, -0.05) is 24.3 Å². The average molecular weight is 347 g/mol. The summed E-state index contributed by atoms with van der Waals surface area (Å²) in [4.78, 5) is 28.2. The van der Waals surface area contributed by atoms with Crippen molar-refractivity contribution in [3.63, 3.8) is 0 Å². The van der Waals surface area contributed by atoms with Gasteiger partial charge in [0.25, 0.3) is 11.6 Å². The van der Waals surface area contributed by atoms with E-state index in [2.05, 4.69) is 10.3 Å². The Morgan fingerprint density at radius 3 is 2.69 bits per heavy atom. The minimum absolute atomic E-state index is 0.0129. The summed E-state index contributed by atoms with van der Waals surface area (Å²) in [5, 5.41) is 14.7. The molecule has 1 aliphatic rings. The summed E-state index contributed by atoms with van der Waals surface area (Å²) >= 11 is 0. The first-order valence-electron chi connectivity index (χ1n) is 8.49. The minimum atomic E-state index is -0.446. The molecule has 1 amide bonds. The van der Waals surface area contributed by atoms with E-state index in [-0.39, 0.29) is 11.6 Å². The summed E-state index contributed by atoms with van der Waals surface area (Å²) in [6.07, 6.45) is 2.19. The summed E-state index contributed by atoms with van der Waals surface area (Å²) in [5.74, 6) is 0.135. The number of aryl methyl sites for hydroxylation is 1. The quantitative estimate of drug-likeness (QED) is 0.553. The molecular formula is C20H17N3O3. The predicted octanol–water partition coefficient (Wildman–Crippen LogP) is 4.58. The lowest BCUT2D eigenvalue weighted by molar-refractivity contribution is -0.385. The van der Waals surface area contributed by atoms with E-state index in [1.165, 1.54) is 6.07 Å². The van der Waals surface area contributed by atoms with E-state index in [0.717, 1.165) is 29.4 Å². The van der Waals surface area contributed by atoms with E-state index in [1.807, 2.05) is 30.3 Å². The van der Waals surface area contributed by atoms with Crippen LogP contribution in [0.3, 0.4) is 0 Å². The second-order valence-corrected chi connectivity index (χ2v) is 6.60. The van der Waals surface area contributed by atoms with Gasteiger partial charge in [-0.25, -0.2) is 0 Å². The van der Waals surface area contributed by atoms with E-state index >= 15 is 0 Å². The molecule has 2 aromatic carbocycles. The van der Waals surface area contributed by atoms with Crippen LogP contribution in [-0.2, 0) is 0 Å². The Bertz CT molecular complexity index is 1040. The van der Waals surface area contributed by atoms with Gasteiger partial charge in [-0.05, 0) is 38.0 Å². The maximum absolute atomic E-state index is 12.9. The number of benzene rings is 2. The van der Waals surface area contributed by atoms with Crippen LogP contribution in [-0.4, -0.2) is 15.8 Å². The number of nitrogens with zero attached hydrogens (tertiary/aromatic N) is 2. The van der Waals surface area contributed by atoms with E-state index in [1.54, 1.807) is 19.1 Å². The van der Waals surface area contributed by atoms with Crippen molar-refractivity contribution in [1.82, 2.24) is 4.98 Å². The number of carbonyl (C=O) groups is 1. The Labute approximate surface area is 150 Å². The fourth-order valence-electron chi connectivity index (χ4n) is 3.05. The zero-order chi connectivity index (χ0) is 18.3. The van der Waals surface area contributed by atoms with Crippen molar-refractivity contribution in [1.29, 1.82) is 0 Å². The molecule has 0 aliphatic heterocycles. The standard InChI is InChI=1S/C20H17N3O3/c1-12-6-9-14(10-19(12)23(25)26)21-20(24)16-11-18(13-7-8-13)22-17-5-3-2-4-15(16)17/h2-6,9-11,13H,7-8H2,1H3,(H,21,24). The van der Waals surface area contributed by atoms with E-state index in [9.17, 15) is 14.9 Å². The predicted molar refractivity (Wildman–Crippen MR) is 99.5 cm³/mol. The lowest BCUT2D eigenvalue weighted by atomic mass is 10.0. The lowest BCUT2D eigenvalue weighted by Gasteiger charge is -2.10. The third-order valence-corrected chi connectivity index (χ3v) is 4.64. The van der Waals surface area contributed by atoms with Gasteiger partial charge >= 0.3 is 0 Å². The minimum Gasteiger partial charge on any atom is -0.322 e. The molecule has 1 fully saturated rings. The number of nitro benzene ring substituents is 1. The van der Waals surface area contributed by atoms with Gasteiger partial charge in [-0.2, -0.15) is 0 Å². The number of hydrogen-bond donors (Lipinski definition) is 1. The number of carbonyl (C=O) groups excluding carboxylic acids is 1. The second-order valence-electron chi connectivity index (χ2n) is 6.60. The van der Waals surface area contributed by atoms with Crippen LogP contribution >= 0.6 is 0 Å². The fraction of sp³-hybridized carbons (Fsp3) is 0.200. The maximum atomic E-state index is 12.9. The smallest absolute Gasteiger partial charge is 0.274 e. The molecule has 130 valence electrons. The van der Waals surface area contributed by atoms with Gasteiger partial charge in [0.05, 0.1) is 16.0 Å². The molecule has 6 nitrogen and oxygen atoms in total. The highest BCUT2D eigenvalue weighted by molar-refractivity contribution is 6.12. The van der Waals surface area contributed by atoms with Gasteiger partial charge in [-0.15, -0.1) is 0 Å². The zero-order valence-corrected chi connectivity index (χ0v) is 14.2. The molecule has 0 radical (unpaired) electrons. The number of hydrogen-bond acceptors (Lipinski definition) is 4. The monoisotopic (exact) mass is 347 g/mol. The number of rotatable bonds is 4. The highest BCUT2D eigenvalue weighted by Gasteiger charge is 2.27. The topological polar surface area (TPSA) is 85.1 Å². The Morgan fingerprint density at radius 2 is 1.96 bits per heavy atom. The molecule has 0 unspecified atom stereocenters. The van der Waals surface area contributed by atoms with Crippen molar-refractivity contribution >= 4 is 28.2 Å². The van der Waals surface area contributed by atoms with Gasteiger partial charge in [0, 0.05) is 34.3 Å². The molecule has 0 spiro atoms. The molecule has 1 N–H and O–H groups in total. The van der Waals surface area contributed by atoms with E-state index in [4.69, 9.17) is 0 Å². The summed E-state index contributed by atoms with van der Waals surface area (Å²) in [6.45, 7) is 1.67. The summed E-state index contributed by atoms with van der Waals surface area (Å²) < 4.78 is 0. The van der Waals surface area contributed by atoms with Crippen LogP contribution in [0.25, 0.3) is 10.9 Å². The van der Waals surface area contributed by atoms with Crippen molar-refractivity contribution in [3.8, 4) is 0 Å². The zero-order valence-electron chi connectivity index (χ0n) is 14.2. The number of pyridine rings is 1. The third-order valence-electron chi connectivity index (χ3n) is 4.64. The van der Waals surface area contributed by atoms with Gasteiger partial charge in [0.1, 0.15) is 0 Å². The Kier molecular flexibility index (Phi) is 3.88. The van der Waals surface area contributed by atoms with Crippen LogP contribution < -0.4 is 5.32 Å². The van der Waals surface area contributed by atoms with Crippen molar-refractivity contribution in [2.45, 2.75) is 25.7 Å². The molecule has 4 rings (SSSR count). The number of aromatic nitrogens is 1. The molecule has 26 heavy (non-hydrogen) atoms. The molecule has 1 saturated carbocycles. The highest BCUT2D eigenvalue weighted by atomic mass is 16.6. The second kappa shape index (κ2) is 6.22. The average Bonchev–Trinajstić information content (AvgIpc) is 3.47. The largest absolute Gasteiger partial charge is 0.322 e. The molecule has 1 aliphatic carbocycles. The summed E-state index contributed by atoms with van der Waals surface area (Å²) in [6, 6.07) is 14.1. The van der Waals surface area contributed by atoms with Crippen molar-refractivity contribution in [2.24, 2.45) is 0 Å². The first-order chi connectivity index (χ1) is 12.5. The van der Waals surface area contributed by atoms with E-state index in [0.29, 0.717) is 22.7 Å². The molecule has 6 heteroatoms. The lowest BCUT2D eigenvalue weighted by Crippen LogP contribution is -2.13. The van der Waals surface area contributed by atoms with Crippen LogP contribution in [0.4, 0.5) is 11.4 Å². The number of anilines is 1. The molecule has 1 heterocycles. The van der Waals surface area contributed by atoms with Gasteiger partial charge in [0.15, 0.2) is 0 Å². The van der Waals surface area contributed by atoms with Crippen molar-refractivity contribution < 1.29 is 9.72 Å². The third kappa shape index (κ3) is 3.01. The van der Waals surface area contributed by atoms with E-state index < -0.39 is 4.92 Å². The molecular weight excluding hydrogens is 330 g/mol. The Morgan fingerprint density at radius 1 is 1.19 bits per heavy atom. The Hall–Kier alpha value is -3.28. The van der Waals surface area contributed by atoms with Crippen molar-refractivity contribution in [2.75, 3.05) is 5.32 Å².